The van der Waals surface area contributed by atoms with Crippen molar-refractivity contribution in [3.63, 3.8) is 0 Å². The Kier molecular flexibility index (Phi) is 4.16. The van der Waals surface area contributed by atoms with Crippen LogP contribution in [0.4, 0.5) is 5.00 Å². The van der Waals surface area contributed by atoms with Crippen LogP contribution in [0.5, 0.6) is 0 Å². The number of hydrogen-bond donors (Lipinski definition) is 2. The second kappa shape index (κ2) is 5.66. The minimum atomic E-state index is -1.04. The van der Waals surface area contributed by atoms with Gasteiger partial charge in [0.2, 0.25) is 5.91 Å². The summed E-state index contributed by atoms with van der Waals surface area (Å²) in [7, 11) is 1.61. The van der Waals surface area contributed by atoms with Crippen molar-refractivity contribution in [3.8, 4) is 0 Å². The topological polar surface area (TPSA) is 82.5 Å². The van der Waals surface area contributed by atoms with Gasteiger partial charge in [-0.25, -0.2) is 4.79 Å². The first kappa shape index (κ1) is 14.0. The van der Waals surface area contributed by atoms with E-state index in [9.17, 15) is 14.7 Å². The number of rotatable bonds is 3. The van der Waals surface area contributed by atoms with E-state index in [4.69, 9.17) is 0 Å². The summed E-state index contributed by atoms with van der Waals surface area (Å²) < 4.78 is 4.03. The molecular weight excluding hydrogens is 266 g/mol. The van der Waals surface area contributed by atoms with Crippen molar-refractivity contribution in [1.82, 2.24) is 9.69 Å². The third-order valence-electron chi connectivity index (χ3n) is 3.30. The van der Waals surface area contributed by atoms with E-state index in [0.29, 0.717) is 10.7 Å². The molecule has 2 heterocycles. The van der Waals surface area contributed by atoms with Gasteiger partial charge in [0.15, 0.2) is 0 Å². The zero-order valence-electron chi connectivity index (χ0n) is 11.0. The summed E-state index contributed by atoms with van der Waals surface area (Å²) in [6.07, 6.45) is 2.89. The predicted molar refractivity (Wildman–Crippen MR) is 72.9 cm³/mol. The molecule has 1 aliphatic rings. The van der Waals surface area contributed by atoms with Crippen LogP contribution in [-0.4, -0.2) is 41.0 Å². The Labute approximate surface area is 115 Å². The van der Waals surface area contributed by atoms with Crippen molar-refractivity contribution < 1.29 is 14.7 Å². The van der Waals surface area contributed by atoms with Crippen molar-refractivity contribution in [2.24, 2.45) is 0 Å². The monoisotopic (exact) mass is 283 g/mol. The lowest BCUT2D eigenvalue weighted by molar-refractivity contribution is -0.120. The standard InChI is InChI=1S/C12H17N3O3S/c1-7-9(12(17)18)11(19-14-7)15(2)10(16)8-5-3-4-6-13-8/h8,13H,3-6H2,1-2H3,(H,17,18). The minimum absolute atomic E-state index is 0.0918. The molecule has 0 aromatic carbocycles. The number of carboxylic acids is 1. The summed E-state index contributed by atoms with van der Waals surface area (Å²) in [5, 5.41) is 12.8. The molecule has 1 aliphatic heterocycles. The summed E-state index contributed by atoms with van der Waals surface area (Å²) in [6, 6.07) is -0.220. The molecule has 1 unspecified atom stereocenters. The Hall–Kier alpha value is -1.47. The van der Waals surface area contributed by atoms with E-state index in [1.54, 1.807) is 14.0 Å². The van der Waals surface area contributed by atoms with E-state index >= 15 is 0 Å². The third kappa shape index (κ3) is 2.76. The first-order chi connectivity index (χ1) is 9.02. The quantitative estimate of drug-likeness (QED) is 0.872. The average Bonchev–Trinajstić information content (AvgIpc) is 2.80. The highest BCUT2D eigenvalue weighted by Gasteiger charge is 2.29. The van der Waals surface area contributed by atoms with Crippen LogP contribution >= 0.6 is 11.5 Å². The molecule has 2 rings (SSSR count). The first-order valence-corrected chi connectivity index (χ1v) is 7.00. The third-order valence-corrected chi connectivity index (χ3v) is 4.32. The fourth-order valence-electron chi connectivity index (χ4n) is 2.23. The smallest absolute Gasteiger partial charge is 0.340 e. The number of carboxylic acid groups (broad SMARTS) is 1. The summed E-state index contributed by atoms with van der Waals surface area (Å²) in [5.74, 6) is -1.14. The largest absolute Gasteiger partial charge is 0.478 e. The number of likely N-dealkylation sites (N-methyl/N-ethyl adjacent to an activating group) is 1. The average molecular weight is 283 g/mol. The lowest BCUT2D eigenvalue weighted by Gasteiger charge is -2.26. The molecule has 2 N–H and O–H groups in total. The van der Waals surface area contributed by atoms with Gasteiger partial charge in [0.05, 0.1) is 11.7 Å². The van der Waals surface area contributed by atoms with Gasteiger partial charge in [0.1, 0.15) is 10.6 Å². The predicted octanol–water partition coefficient (Wildman–Crippen LogP) is 1.25. The summed E-state index contributed by atoms with van der Waals surface area (Å²) in [5.41, 5.74) is 0.570. The van der Waals surface area contributed by atoms with Gasteiger partial charge in [-0.1, -0.05) is 6.42 Å². The number of carbonyl (C=O) groups is 2. The molecule has 1 saturated heterocycles. The van der Waals surface area contributed by atoms with Crippen molar-refractivity contribution >= 4 is 28.4 Å². The van der Waals surface area contributed by atoms with Gasteiger partial charge >= 0.3 is 5.97 Å². The minimum Gasteiger partial charge on any atom is -0.478 e. The second-order valence-electron chi connectivity index (χ2n) is 4.65. The molecule has 104 valence electrons. The molecule has 1 aromatic heterocycles. The van der Waals surface area contributed by atoms with Crippen molar-refractivity contribution in [2.75, 3.05) is 18.5 Å². The molecule has 1 amide bonds. The lowest BCUT2D eigenvalue weighted by Crippen LogP contribution is -2.47. The summed E-state index contributed by atoms with van der Waals surface area (Å²) in [4.78, 5) is 25.0. The zero-order chi connectivity index (χ0) is 14.0. The van der Waals surface area contributed by atoms with Crippen LogP contribution in [-0.2, 0) is 4.79 Å². The number of hydrogen-bond acceptors (Lipinski definition) is 5. The Morgan fingerprint density at radius 3 is 2.79 bits per heavy atom. The van der Waals surface area contributed by atoms with Crippen LogP contribution in [0.2, 0.25) is 0 Å². The molecule has 19 heavy (non-hydrogen) atoms. The van der Waals surface area contributed by atoms with Gasteiger partial charge in [-0.15, -0.1) is 0 Å². The Balaban J connectivity index is 2.21. The zero-order valence-corrected chi connectivity index (χ0v) is 11.8. The highest BCUT2D eigenvalue weighted by Crippen LogP contribution is 2.28. The second-order valence-corrected chi connectivity index (χ2v) is 5.40. The molecule has 0 radical (unpaired) electrons. The van der Waals surface area contributed by atoms with Gasteiger partial charge in [-0.2, -0.15) is 4.37 Å². The van der Waals surface area contributed by atoms with Crippen LogP contribution in [0.15, 0.2) is 0 Å². The molecule has 0 aliphatic carbocycles. The van der Waals surface area contributed by atoms with Crippen molar-refractivity contribution in [2.45, 2.75) is 32.2 Å². The van der Waals surface area contributed by atoms with E-state index in [-0.39, 0.29) is 17.5 Å². The van der Waals surface area contributed by atoms with Gasteiger partial charge < -0.3 is 15.3 Å². The molecule has 7 heteroatoms. The molecule has 0 saturated carbocycles. The fourth-order valence-corrected chi connectivity index (χ4v) is 3.08. The van der Waals surface area contributed by atoms with Gasteiger partial charge in [-0.05, 0) is 37.8 Å². The van der Waals surface area contributed by atoms with Crippen LogP contribution < -0.4 is 10.2 Å². The molecule has 0 bridgehead atoms. The maximum absolute atomic E-state index is 12.3. The van der Waals surface area contributed by atoms with Gasteiger partial charge in [0, 0.05) is 7.05 Å². The number of nitrogens with zero attached hydrogens (tertiary/aromatic N) is 2. The Bertz CT molecular complexity index is 494. The SMILES string of the molecule is Cc1nsc(N(C)C(=O)C2CCCCN2)c1C(=O)O. The van der Waals surface area contributed by atoms with Gasteiger partial charge in [-0.3, -0.25) is 4.79 Å². The van der Waals surface area contributed by atoms with E-state index < -0.39 is 5.97 Å². The Morgan fingerprint density at radius 1 is 1.47 bits per heavy atom. The number of aromatic carboxylic acids is 1. The molecular formula is C12H17N3O3S. The van der Waals surface area contributed by atoms with Crippen molar-refractivity contribution in [1.29, 1.82) is 0 Å². The molecule has 1 atom stereocenters. The summed E-state index contributed by atoms with van der Waals surface area (Å²) in [6.45, 7) is 2.47. The molecule has 6 nitrogen and oxygen atoms in total. The number of nitrogens with one attached hydrogen (secondary N) is 1. The summed E-state index contributed by atoms with van der Waals surface area (Å²) >= 11 is 1.05. The molecule has 1 fully saturated rings. The van der Waals surface area contributed by atoms with E-state index in [1.807, 2.05) is 0 Å². The lowest BCUT2D eigenvalue weighted by atomic mass is 10.0. The first-order valence-electron chi connectivity index (χ1n) is 6.23. The van der Waals surface area contributed by atoms with Crippen molar-refractivity contribution in [3.05, 3.63) is 11.3 Å². The Morgan fingerprint density at radius 2 is 2.21 bits per heavy atom. The molecule has 1 aromatic rings. The maximum atomic E-state index is 12.3. The van der Waals surface area contributed by atoms with Crippen LogP contribution in [0.1, 0.15) is 35.3 Å². The van der Waals surface area contributed by atoms with Crippen LogP contribution in [0.3, 0.4) is 0 Å². The fraction of sp³-hybridized carbons (Fsp3) is 0.583. The van der Waals surface area contributed by atoms with Crippen LogP contribution in [0.25, 0.3) is 0 Å². The van der Waals surface area contributed by atoms with Gasteiger partial charge in [0.25, 0.3) is 0 Å². The van der Waals surface area contributed by atoms with Crippen LogP contribution in [0, 0.1) is 6.92 Å². The number of piperidine rings is 1. The number of aromatic nitrogens is 1. The number of anilines is 1. The van der Waals surface area contributed by atoms with E-state index in [0.717, 1.165) is 37.3 Å². The number of carbonyl (C=O) groups excluding carboxylic acids is 1. The number of amides is 1. The van der Waals surface area contributed by atoms with E-state index in [2.05, 4.69) is 9.69 Å². The van der Waals surface area contributed by atoms with E-state index in [1.165, 1.54) is 4.90 Å². The molecule has 0 spiro atoms. The maximum Gasteiger partial charge on any atom is 0.340 e. The highest BCUT2D eigenvalue weighted by molar-refractivity contribution is 7.11. The highest BCUT2D eigenvalue weighted by atomic mass is 32.1. The normalized spacial score (nSPS) is 19.2. The number of aryl methyl sites for hydroxylation is 1.